The first-order valence-corrected chi connectivity index (χ1v) is 8.60. The minimum atomic E-state index is -4.44. The lowest BCUT2D eigenvalue weighted by Gasteiger charge is -2.14. The Labute approximate surface area is 159 Å². The van der Waals surface area contributed by atoms with Crippen molar-refractivity contribution in [1.82, 2.24) is 10.2 Å². The van der Waals surface area contributed by atoms with Gasteiger partial charge in [0.2, 0.25) is 11.8 Å². The number of amides is 3. The highest BCUT2D eigenvalue weighted by Gasteiger charge is 2.30. The molecule has 0 aliphatic carbocycles. The second-order valence-corrected chi connectivity index (χ2v) is 6.45. The van der Waals surface area contributed by atoms with E-state index in [0.717, 1.165) is 12.1 Å². The molecule has 2 aromatic rings. The first-order chi connectivity index (χ1) is 13.2. The Morgan fingerprint density at radius 3 is 2.21 bits per heavy atom. The zero-order valence-corrected chi connectivity index (χ0v) is 14.8. The molecule has 0 aromatic heterocycles. The molecule has 1 heterocycles. The highest BCUT2D eigenvalue weighted by atomic mass is 19.4. The quantitative estimate of drug-likeness (QED) is 0.797. The number of rotatable bonds is 5. The van der Waals surface area contributed by atoms with Gasteiger partial charge < -0.3 is 5.32 Å². The number of halogens is 3. The van der Waals surface area contributed by atoms with Gasteiger partial charge >= 0.3 is 6.18 Å². The van der Waals surface area contributed by atoms with Gasteiger partial charge in [-0.25, -0.2) is 0 Å². The van der Waals surface area contributed by atoms with Gasteiger partial charge in [0, 0.05) is 24.9 Å². The van der Waals surface area contributed by atoms with E-state index in [1.54, 1.807) is 24.3 Å². The molecule has 3 rings (SSSR count). The third-order valence-corrected chi connectivity index (χ3v) is 4.42. The summed E-state index contributed by atoms with van der Waals surface area (Å²) in [5.74, 6) is -0.863. The van der Waals surface area contributed by atoms with Crippen LogP contribution < -0.4 is 5.32 Å². The fraction of sp³-hybridized carbons (Fsp3) is 0.250. The zero-order valence-electron chi connectivity index (χ0n) is 14.8. The van der Waals surface area contributed by atoms with E-state index in [9.17, 15) is 27.6 Å². The van der Waals surface area contributed by atoms with E-state index in [0.29, 0.717) is 16.7 Å². The maximum atomic E-state index is 12.7. The van der Waals surface area contributed by atoms with Gasteiger partial charge in [0.15, 0.2) is 0 Å². The van der Waals surface area contributed by atoms with Gasteiger partial charge in [-0.2, -0.15) is 13.2 Å². The molecule has 0 saturated carbocycles. The summed E-state index contributed by atoms with van der Waals surface area (Å²) >= 11 is 0. The van der Waals surface area contributed by atoms with Crippen molar-refractivity contribution in [3.05, 3.63) is 70.8 Å². The predicted octanol–water partition coefficient (Wildman–Crippen LogP) is 3.28. The van der Waals surface area contributed by atoms with Crippen LogP contribution in [0, 0.1) is 0 Å². The fourth-order valence-electron chi connectivity index (χ4n) is 2.89. The van der Waals surface area contributed by atoms with Crippen molar-refractivity contribution in [3.63, 3.8) is 0 Å². The van der Waals surface area contributed by atoms with Gasteiger partial charge in [-0.3, -0.25) is 19.3 Å². The second-order valence-electron chi connectivity index (χ2n) is 6.45. The summed E-state index contributed by atoms with van der Waals surface area (Å²) in [5, 5.41) is 2.58. The Morgan fingerprint density at radius 1 is 0.964 bits per heavy atom. The Bertz CT molecular complexity index is 892. The van der Waals surface area contributed by atoms with E-state index in [1.807, 2.05) is 0 Å². The largest absolute Gasteiger partial charge is 0.416 e. The number of hydrogen-bond acceptors (Lipinski definition) is 3. The minimum Gasteiger partial charge on any atom is -0.348 e. The molecular formula is C20H17F3N2O3. The summed E-state index contributed by atoms with van der Waals surface area (Å²) in [6.45, 7) is 0.116. The minimum absolute atomic E-state index is 0.0404. The molecule has 1 N–H and O–H groups in total. The number of alkyl halides is 3. The number of nitrogens with one attached hydrogen (secondary N) is 1. The topological polar surface area (TPSA) is 66.5 Å². The Hall–Kier alpha value is -3.16. The molecule has 1 saturated heterocycles. The van der Waals surface area contributed by atoms with Crippen LogP contribution in [0.4, 0.5) is 13.2 Å². The highest BCUT2D eigenvalue weighted by molar-refractivity contribution is 6.01. The van der Waals surface area contributed by atoms with Gasteiger partial charge in [0.05, 0.1) is 12.1 Å². The molecule has 3 amide bonds. The van der Waals surface area contributed by atoms with Gasteiger partial charge in [0.25, 0.3) is 5.91 Å². The number of nitrogens with zero attached hydrogens (tertiary/aromatic N) is 1. The third kappa shape index (κ3) is 4.57. The normalized spacial score (nSPS) is 14.5. The Kier molecular flexibility index (Phi) is 5.48. The summed E-state index contributed by atoms with van der Waals surface area (Å²) < 4.78 is 38.2. The molecule has 2 aromatic carbocycles. The van der Waals surface area contributed by atoms with Crippen molar-refractivity contribution in [1.29, 1.82) is 0 Å². The monoisotopic (exact) mass is 390 g/mol. The third-order valence-electron chi connectivity index (χ3n) is 4.42. The van der Waals surface area contributed by atoms with E-state index in [4.69, 9.17) is 0 Å². The van der Waals surface area contributed by atoms with Crippen LogP contribution in [-0.4, -0.2) is 22.6 Å². The van der Waals surface area contributed by atoms with Gasteiger partial charge in [-0.15, -0.1) is 0 Å². The number of carbonyl (C=O) groups is 3. The molecule has 0 unspecified atom stereocenters. The van der Waals surface area contributed by atoms with Crippen molar-refractivity contribution in [2.24, 2.45) is 0 Å². The van der Waals surface area contributed by atoms with Crippen molar-refractivity contribution in [2.75, 3.05) is 0 Å². The lowest BCUT2D eigenvalue weighted by Crippen LogP contribution is -2.28. The highest BCUT2D eigenvalue weighted by Crippen LogP contribution is 2.29. The average molecular weight is 390 g/mol. The first-order valence-electron chi connectivity index (χ1n) is 8.60. The number of likely N-dealkylation sites (tertiary alicyclic amines) is 1. The fourth-order valence-corrected chi connectivity index (χ4v) is 2.89. The lowest BCUT2D eigenvalue weighted by atomic mass is 10.1. The van der Waals surface area contributed by atoms with Crippen LogP contribution >= 0.6 is 0 Å². The summed E-state index contributed by atoms with van der Waals surface area (Å²) in [5.41, 5.74) is 0.605. The summed E-state index contributed by atoms with van der Waals surface area (Å²) in [4.78, 5) is 36.7. The molecule has 0 bridgehead atoms. The summed E-state index contributed by atoms with van der Waals surface area (Å²) in [7, 11) is 0. The number of benzene rings is 2. The molecule has 5 nitrogen and oxygen atoms in total. The van der Waals surface area contributed by atoms with E-state index in [1.165, 1.54) is 17.0 Å². The standard InChI is InChI=1S/C20H17F3N2O3/c21-20(22,23)16-3-1-2-14(10-16)11-24-19(28)15-6-4-13(5-7-15)12-25-17(26)8-9-18(25)27/h1-7,10H,8-9,11-12H2,(H,24,28). The van der Waals surface area contributed by atoms with E-state index >= 15 is 0 Å². The predicted molar refractivity (Wildman–Crippen MR) is 93.8 cm³/mol. The van der Waals surface area contributed by atoms with Crippen molar-refractivity contribution in [3.8, 4) is 0 Å². The van der Waals surface area contributed by atoms with Crippen molar-refractivity contribution in [2.45, 2.75) is 32.1 Å². The van der Waals surface area contributed by atoms with Crippen LogP contribution in [0.1, 0.15) is 39.9 Å². The van der Waals surface area contributed by atoms with Gasteiger partial charge in [-0.1, -0.05) is 24.3 Å². The van der Waals surface area contributed by atoms with E-state index in [-0.39, 0.29) is 37.7 Å². The molecule has 8 heteroatoms. The summed E-state index contributed by atoms with van der Waals surface area (Å²) in [6, 6.07) is 11.1. The smallest absolute Gasteiger partial charge is 0.348 e. The summed E-state index contributed by atoms with van der Waals surface area (Å²) in [6.07, 6.45) is -4.00. The molecule has 0 radical (unpaired) electrons. The van der Waals surface area contributed by atoms with E-state index < -0.39 is 17.6 Å². The maximum absolute atomic E-state index is 12.7. The second kappa shape index (κ2) is 7.84. The molecule has 1 fully saturated rings. The average Bonchev–Trinajstić information content (AvgIpc) is 2.98. The number of imide groups is 1. The van der Waals surface area contributed by atoms with Gasteiger partial charge in [-0.05, 0) is 35.4 Å². The molecule has 28 heavy (non-hydrogen) atoms. The first kappa shape index (κ1) is 19.6. The Balaban J connectivity index is 1.59. The van der Waals surface area contributed by atoms with Crippen molar-refractivity contribution < 1.29 is 27.6 Å². The maximum Gasteiger partial charge on any atom is 0.416 e. The molecule has 1 aliphatic rings. The molecule has 0 spiro atoms. The van der Waals surface area contributed by atoms with Crippen molar-refractivity contribution >= 4 is 17.7 Å². The molecular weight excluding hydrogens is 373 g/mol. The Morgan fingerprint density at radius 2 is 1.61 bits per heavy atom. The molecule has 0 atom stereocenters. The SMILES string of the molecule is O=C(NCc1cccc(C(F)(F)F)c1)c1ccc(CN2C(=O)CCC2=O)cc1. The molecule has 146 valence electrons. The number of hydrogen-bond donors (Lipinski definition) is 1. The van der Waals surface area contributed by atoms with Crippen LogP contribution in [-0.2, 0) is 28.9 Å². The zero-order chi connectivity index (χ0) is 20.3. The van der Waals surface area contributed by atoms with Crippen LogP contribution in [0.2, 0.25) is 0 Å². The number of carbonyl (C=O) groups excluding carboxylic acids is 3. The van der Waals surface area contributed by atoms with Crippen LogP contribution in [0.25, 0.3) is 0 Å². The van der Waals surface area contributed by atoms with Gasteiger partial charge in [0.1, 0.15) is 0 Å². The molecule has 1 aliphatic heterocycles. The lowest BCUT2D eigenvalue weighted by molar-refractivity contribution is -0.139. The van der Waals surface area contributed by atoms with Crippen LogP contribution in [0.3, 0.4) is 0 Å². The van der Waals surface area contributed by atoms with E-state index in [2.05, 4.69) is 5.32 Å². The van der Waals surface area contributed by atoms with Crippen LogP contribution in [0.5, 0.6) is 0 Å². The van der Waals surface area contributed by atoms with Crippen LogP contribution in [0.15, 0.2) is 48.5 Å².